The Balaban J connectivity index is 1.22. The molecule has 8 aliphatic rings. The van der Waals surface area contributed by atoms with Gasteiger partial charge in [-0.2, -0.15) is 0 Å². The Morgan fingerprint density at radius 2 is 1.47 bits per heavy atom. The lowest BCUT2D eigenvalue weighted by atomic mass is 9.86. The molecule has 0 saturated carbocycles. The molecule has 7 heterocycles. The molecule has 3 aromatic carbocycles. The maximum Gasteiger partial charge on any atom is 0.176 e. The van der Waals surface area contributed by atoms with Gasteiger partial charge in [0.1, 0.15) is 23.0 Å². The molecule has 7 aliphatic heterocycles. The highest BCUT2D eigenvalue weighted by molar-refractivity contribution is 5.47. The molecule has 1 saturated heterocycles. The van der Waals surface area contributed by atoms with Crippen molar-refractivity contribution in [2.45, 2.75) is 56.6 Å². The molecule has 0 radical (unpaired) electrons. The Kier molecular flexibility index (Phi) is 9.86. The van der Waals surface area contributed by atoms with Crippen molar-refractivity contribution in [1.29, 1.82) is 0 Å². The van der Waals surface area contributed by atoms with E-state index in [2.05, 4.69) is 41.6 Å². The molecule has 1 aliphatic carbocycles. The summed E-state index contributed by atoms with van der Waals surface area (Å²) in [5, 5.41) is 15.4. The summed E-state index contributed by atoms with van der Waals surface area (Å²) < 4.78 is 12.3. The average Bonchev–Trinajstić information content (AvgIpc) is 3.31. The van der Waals surface area contributed by atoms with Crippen LogP contribution in [0.5, 0.6) is 17.2 Å². The lowest BCUT2D eigenvalue weighted by Crippen LogP contribution is -2.33. The van der Waals surface area contributed by atoms with Crippen molar-refractivity contribution < 1.29 is 14.6 Å². The third-order valence-corrected chi connectivity index (χ3v) is 9.62. The molecule has 5 nitrogen and oxygen atoms in total. The smallest absolute Gasteiger partial charge is 0.176 e. The van der Waals surface area contributed by atoms with Gasteiger partial charge in [-0.05, 0) is 123 Å². The van der Waals surface area contributed by atoms with E-state index in [1.54, 1.807) is 0 Å². The molecule has 5 heteroatoms. The van der Waals surface area contributed by atoms with Crippen LogP contribution in [0.1, 0.15) is 67.7 Å². The first-order valence-corrected chi connectivity index (χ1v) is 16.4. The van der Waals surface area contributed by atoms with Crippen LogP contribution < -0.4 is 20.5 Å². The van der Waals surface area contributed by atoms with Crippen LogP contribution in [0.2, 0.25) is 0 Å². The van der Waals surface area contributed by atoms with Crippen molar-refractivity contribution in [1.82, 2.24) is 5.32 Å². The van der Waals surface area contributed by atoms with Crippen molar-refractivity contribution in [2.24, 2.45) is 23.5 Å². The fraction of sp³-hybridized carbons (Fsp3) is 0.350. The number of nitrogens with two attached hydrogens (primary N) is 1. The molecule has 0 spiro atoms. The second-order valence-electron chi connectivity index (χ2n) is 12.7. The van der Waals surface area contributed by atoms with Gasteiger partial charge >= 0.3 is 0 Å². The number of nitrogens with one attached hydrogen (secondary N) is 1. The van der Waals surface area contributed by atoms with Gasteiger partial charge in [-0.15, -0.1) is 6.42 Å². The van der Waals surface area contributed by atoms with E-state index in [1.807, 2.05) is 72.8 Å². The van der Waals surface area contributed by atoms with E-state index >= 15 is 0 Å². The van der Waals surface area contributed by atoms with E-state index in [1.165, 1.54) is 31.2 Å². The van der Waals surface area contributed by atoms with Crippen LogP contribution in [-0.2, 0) is 5.60 Å². The molecule has 1 fully saturated rings. The molecule has 0 aromatic heterocycles. The fourth-order valence-corrected chi connectivity index (χ4v) is 6.74. The Morgan fingerprint density at radius 1 is 0.800 bits per heavy atom. The highest BCUT2D eigenvalue weighted by Gasteiger charge is 2.29. The quantitative estimate of drug-likeness (QED) is 0.247. The first-order valence-electron chi connectivity index (χ1n) is 16.4. The van der Waals surface area contributed by atoms with Crippen LogP contribution in [0.25, 0.3) is 0 Å². The summed E-state index contributed by atoms with van der Waals surface area (Å²) in [4.78, 5) is 0. The van der Waals surface area contributed by atoms with Gasteiger partial charge in [-0.1, -0.05) is 67.0 Å². The van der Waals surface area contributed by atoms with E-state index in [0.717, 1.165) is 49.8 Å². The van der Waals surface area contributed by atoms with Crippen LogP contribution in [-0.4, -0.2) is 18.2 Å². The number of rotatable bonds is 1. The Hall–Kier alpha value is -4.08. The van der Waals surface area contributed by atoms with Crippen molar-refractivity contribution in [3.63, 3.8) is 0 Å². The number of fused-ring (bicyclic) bond motifs is 2. The molecular weight excluding hydrogens is 556 g/mol. The van der Waals surface area contributed by atoms with Crippen molar-refractivity contribution in [3.05, 3.63) is 126 Å². The van der Waals surface area contributed by atoms with Crippen LogP contribution in [0.4, 0.5) is 0 Å². The van der Waals surface area contributed by atoms with Gasteiger partial charge in [0.05, 0.1) is 0 Å². The third kappa shape index (κ3) is 7.60. The maximum absolute atomic E-state index is 11.6. The lowest BCUT2D eigenvalue weighted by Gasteiger charge is -2.30. The highest BCUT2D eigenvalue weighted by atomic mass is 16.5. The molecular formula is C40H44N2O3. The number of benzene rings is 3. The molecule has 3 aromatic rings. The number of terminal acetylenes is 1. The summed E-state index contributed by atoms with van der Waals surface area (Å²) in [5.74, 6) is 7.11. The molecule has 11 rings (SSSR count). The number of allylic oxidation sites excluding steroid dienone is 5. The van der Waals surface area contributed by atoms with E-state index in [-0.39, 0.29) is 0 Å². The second-order valence-corrected chi connectivity index (χ2v) is 12.7. The average molecular weight is 601 g/mol. The first kappa shape index (κ1) is 30.9. The van der Waals surface area contributed by atoms with Crippen molar-refractivity contribution >= 4 is 0 Å². The zero-order valence-corrected chi connectivity index (χ0v) is 25.9. The minimum atomic E-state index is -1.59. The summed E-state index contributed by atoms with van der Waals surface area (Å²) in [6, 6.07) is 23.3. The van der Waals surface area contributed by atoms with E-state index < -0.39 is 5.60 Å². The summed E-state index contributed by atoms with van der Waals surface area (Å²) >= 11 is 0. The Labute approximate surface area is 267 Å². The van der Waals surface area contributed by atoms with Gasteiger partial charge in [0.2, 0.25) is 0 Å². The summed E-state index contributed by atoms with van der Waals surface area (Å²) in [5.41, 5.74) is 7.10. The third-order valence-electron chi connectivity index (χ3n) is 9.62. The Morgan fingerprint density at radius 3 is 2.09 bits per heavy atom. The summed E-state index contributed by atoms with van der Waals surface area (Å²) in [6.07, 6.45) is 24.7. The first-order chi connectivity index (χ1) is 22.0. The molecule has 232 valence electrons. The Bertz CT molecular complexity index is 1540. The van der Waals surface area contributed by atoms with Crippen molar-refractivity contribution in [2.75, 3.05) is 13.1 Å². The van der Waals surface area contributed by atoms with Gasteiger partial charge in [-0.25, -0.2) is 0 Å². The molecule has 0 amide bonds. The molecule has 5 atom stereocenters. The van der Waals surface area contributed by atoms with Gasteiger partial charge in [0.25, 0.3) is 0 Å². The summed E-state index contributed by atoms with van der Waals surface area (Å²) in [7, 11) is 0. The van der Waals surface area contributed by atoms with Gasteiger partial charge < -0.3 is 25.6 Å². The highest BCUT2D eigenvalue weighted by Crippen LogP contribution is 2.34. The maximum atomic E-state index is 11.6. The van der Waals surface area contributed by atoms with Crippen LogP contribution >= 0.6 is 0 Å². The van der Waals surface area contributed by atoms with E-state index in [0.29, 0.717) is 40.5 Å². The molecule has 5 unspecified atom stereocenters. The van der Waals surface area contributed by atoms with E-state index in [4.69, 9.17) is 21.6 Å². The number of ether oxygens (including phenoxy) is 2. The zero-order valence-electron chi connectivity index (χ0n) is 25.9. The number of hydrogen-bond acceptors (Lipinski definition) is 5. The second kappa shape index (κ2) is 14.3. The summed E-state index contributed by atoms with van der Waals surface area (Å²) in [6.45, 7) is 1.80. The minimum Gasteiger partial charge on any atom is -0.457 e. The predicted octanol–water partition coefficient (Wildman–Crippen LogP) is 7.93. The SMILES string of the molecule is C#CC1(O)c2ccc(cc2)OC2=CC=CC(C=C2)CCC(CN)CCCC2CCC(NC2)c2ccc(cc2)Oc2ccc1cc2. The largest absolute Gasteiger partial charge is 0.457 e. The number of piperidine rings is 1. The van der Waals surface area contributed by atoms with E-state index in [9.17, 15) is 5.11 Å². The monoisotopic (exact) mass is 600 g/mol. The standard InChI is InChI=1S/C40H44N2O3/c1-2-40(43)33-15-22-37(23-16-33)44-35-8-4-5-29(11-19-35)9-10-30(27-41)6-3-7-31-12-26-39(42-28-31)32-13-20-36(21-14-32)45-38-24-17-34(40)18-25-38/h1,4-5,8,11,13-25,29-31,39,42-43H,3,6-7,9-10,12,26-28,41H2. The molecule has 10 bridgehead atoms. The topological polar surface area (TPSA) is 76.7 Å². The van der Waals surface area contributed by atoms with Crippen LogP contribution in [0.3, 0.4) is 0 Å². The fourth-order valence-electron chi connectivity index (χ4n) is 6.74. The van der Waals surface area contributed by atoms with Gasteiger partial charge in [0.15, 0.2) is 5.60 Å². The lowest BCUT2D eigenvalue weighted by molar-refractivity contribution is 0.145. The van der Waals surface area contributed by atoms with Crippen LogP contribution in [0.15, 0.2) is 109 Å². The number of aliphatic hydroxyl groups is 1. The predicted molar refractivity (Wildman–Crippen MR) is 181 cm³/mol. The molecule has 45 heavy (non-hydrogen) atoms. The van der Waals surface area contributed by atoms with Gasteiger partial charge in [-0.3, -0.25) is 0 Å². The van der Waals surface area contributed by atoms with Crippen molar-refractivity contribution in [3.8, 4) is 29.6 Å². The number of hydrogen-bond donors (Lipinski definition) is 3. The molecule has 4 N–H and O–H groups in total. The van der Waals surface area contributed by atoms with Crippen LogP contribution in [0, 0.1) is 30.1 Å². The normalized spacial score (nSPS) is 27.0. The minimum absolute atomic E-state index is 0.353. The van der Waals surface area contributed by atoms with Gasteiger partial charge in [0, 0.05) is 17.2 Å². The zero-order chi connectivity index (χ0) is 31.1.